The summed E-state index contributed by atoms with van der Waals surface area (Å²) in [7, 11) is -4.00. The number of hydrogen-bond donors (Lipinski definition) is 1. The van der Waals surface area contributed by atoms with Gasteiger partial charge in [0.15, 0.2) is 0 Å². The van der Waals surface area contributed by atoms with Crippen LogP contribution in [0.25, 0.3) is 0 Å². The van der Waals surface area contributed by atoms with Gasteiger partial charge in [-0.15, -0.1) is 0 Å². The van der Waals surface area contributed by atoms with Crippen molar-refractivity contribution in [1.82, 2.24) is 4.72 Å². The molecule has 0 saturated heterocycles. The SMILES string of the molecule is CC(NS(=O)(=O)c1ccc(Br)cc1F)c1ccc(F)cc1. The molecule has 1 N–H and O–H groups in total. The van der Waals surface area contributed by atoms with Crippen LogP contribution in [0.5, 0.6) is 0 Å². The third-order valence-electron chi connectivity index (χ3n) is 2.89. The molecule has 2 rings (SSSR count). The van der Waals surface area contributed by atoms with Crippen LogP contribution in [0.2, 0.25) is 0 Å². The smallest absolute Gasteiger partial charge is 0.207 e. The molecule has 21 heavy (non-hydrogen) atoms. The predicted octanol–water partition coefficient (Wildman–Crippen LogP) is 3.77. The van der Waals surface area contributed by atoms with Gasteiger partial charge in [0.2, 0.25) is 10.0 Å². The van der Waals surface area contributed by atoms with Crippen molar-refractivity contribution in [2.24, 2.45) is 0 Å². The van der Waals surface area contributed by atoms with Gasteiger partial charge in [0.1, 0.15) is 16.5 Å². The van der Waals surface area contributed by atoms with Crippen LogP contribution in [0.15, 0.2) is 51.8 Å². The van der Waals surface area contributed by atoms with E-state index >= 15 is 0 Å². The van der Waals surface area contributed by atoms with Crippen molar-refractivity contribution in [2.45, 2.75) is 17.9 Å². The van der Waals surface area contributed by atoms with Crippen molar-refractivity contribution in [1.29, 1.82) is 0 Å². The van der Waals surface area contributed by atoms with Gasteiger partial charge in [-0.05, 0) is 42.8 Å². The van der Waals surface area contributed by atoms with Crippen LogP contribution in [0.3, 0.4) is 0 Å². The second-order valence-corrected chi connectivity index (χ2v) is 7.07. The summed E-state index contributed by atoms with van der Waals surface area (Å²) in [4.78, 5) is -0.431. The minimum absolute atomic E-state index is 0.409. The Morgan fingerprint density at radius 1 is 1.10 bits per heavy atom. The Kier molecular flexibility index (Phi) is 4.75. The molecule has 0 aliphatic rings. The van der Waals surface area contributed by atoms with E-state index in [0.29, 0.717) is 10.0 Å². The van der Waals surface area contributed by atoms with Crippen LogP contribution < -0.4 is 4.72 Å². The van der Waals surface area contributed by atoms with Gasteiger partial charge in [-0.3, -0.25) is 0 Å². The summed E-state index contributed by atoms with van der Waals surface area (Å²) < 4.78 is 53.8. The molecule has 0 aromatic heterocycles. The number of benzene rings is 2. The fourth-order valence-corrected chi connectivity index (χ4v) is 3.43. The highest BCUT2D eigenvalue weighted by Gasteiger charge is 2.22. The molecule has 0 amide bonds. The lowest BCUT2D eigenvalue weighted by Gasteiger charge is -2.15. The summed E-state index contributed by atoms with van der Waals surface area (Å²) >= 11 is 3.07. The van der Waals surface area contributed by atoms with Crippen LogP contribution in [0.4, 0.5) is 8.78 Å². The van der Waals surface area contributed by atoms with E-state index in [1.54, 1.807) is 6.92 Å². The molecule has 0 aliphatic carbocycles. The molecule has 0 fully saturated rings. The molecule has 0 spiro atoms. The zero-order chi connectivity index (χ0) is 15.6. The van der Waals surface area contributed by atoms with E-state index < -0.39 is 32.6 Å². The number of hydrogen-bond acceptors (Lipinski definition) is 2. The third kappa shape index (κ3) is 3.87. The van der Waals surface area contributed by atoms with E-state index in [1.165, 1.54) is 36.4 Å². The average Bonchev–Trinajstić information content (AvgIpc) is 2.38. The third-order valence-corrected chi connectivity index (χ3v) is 4.95. The van der Waals surface area contributed by atoms with Gasteiger partial charge < -0.3 is 0 Å². The van der Waals surface area contributed by atoms with Crippen molar-refractivity contribution in [3.8, 4) is 0 Å². The van der Waals surface area contributed by atoms with Crippen molar-refractivity contribution in [3.05, 3.63) is 64.1 Å². The summed E-state index contributed by atoms with van der Waals surface area (Å²) in [5, 5.41) is 0. The maximum Gasteiger partial charge on any atom is 0.244 e. The van der Waals surface area contributed by atoms with Gasteiger partial charge in [0.25, 0.3) is 0 Å². The number of sulfonamides is 1. The van der Waals surface area contributed by atoms with Crippen molar-refractivity contribution >= 4 is 26.0 Å². The minimum atomic E-state index is -4.00. The van der Waals surface area contributed by atoms with Gasteiger partial charge in [-0.2, -0.15) is 0 Å². The normalized spacial score (nSPS) is 13.1. The van der Waals surface area contributed by atoms with Gasteiger partial charge in [-0.25, -0.2) is 21.9 Å². The molecule has 1 unspecified atom stereocenters. The van der Waals surface area contributed by atoms with Gasteiger partial charge in [0, 0.05) is 10.5 Å². The number of rotatable bonds is 4. The number of halogens is 3. The van der Waals surface area contributed by atoms with E-state index in [2.05, 4.69) is 20.7 Å². The Morgan fingerprint density at radius 2 is 1.71 bits per heavy atom. The summed E-state index contributed by atoms with van der Waals surface area (Å²) in [5.41, 5.74) is 0.581. The molecular weight excluding hydrogens is 364 g/mol. The highest BCUT2D eigenvalue weighted by molar-refractivity contribution is 9.10. The molecule has 112 valence electrons. The van der Waals surface area contributed by atoms with Crippen molar-refractivity contribution in [2.75, 3.05) is 0 Å². The number of nitrogens with one attached hydrogen (secondary N) is 1. The summed E-state index contributed by atoms with van der Waals surface area (Å²) in [6, 6.07) is 8.51. The maximum atomic E-state index is 13.8. The first-order chi connectivity index (χ1) is 9.79. The van der Waals surface area contributed by atoms with E-state index in [0.717, 1.165) is 6.07 Å². The summed E-state index contributed by atoms with van der Waals surface area (Å²) in [5.74, 6) is -1.25. The minimum Gasteiger partial charge on any atom is -0.207 e. The Bertz CT molecular complexity index is 748. The topological polar surface area (TPSA) is 46.2 Å². The van der Waals surface area contributed by atoms with Crippen LogP contribution in [0, 0.1) is 11.6 Å². The Labute approximate surface area is 130 Å². The molecule has 0 radical (unpaired) electrons. The molecule has 0 aliphatic heterocycles. The predicted molar refractivity (Wildman–Crippen MR) is 79.2 cm³/mol. The second kappa shape index (κ2) is 6.21. The lowest BCUT2D eigenvalue weighted by Crippen LogP contribution is -2.27. The first-order valence-corrected chi connectivity index (χ1v) is 8.30. The summed E-state index contributed by atoms with van der Waals surface area (Å²) in [6.07, 6.45) is 0. The van der Waals surface area contributed by atoms with E-state index in [4.69, 9.17) is 0 Å². The van der Waals surface area contributed by atoms with E-state index in [1.807, 2.05) is 0 Å². The first-order valence-electron chi connectivity index (χ1n) is 6.02. The largest absolute Gasteiger partial charge is 0.244 e. The van der Waals surface area contributed by atoms with E-state index in [9.17, 15) is 17.2 Å². The van der Waals surface area contributed by atoms with Crippen LogP contribution in [-0.4, -0.2) is 8.42 Å². The molecule has 7 heteroatoms. The lowest BCUT2D eigenvalue weighted by atomic mass is 10.1. The summed E-state index contributed by atoms with van der Waals surface area (Å²) in [6.45, 7) is 1.60. The van der Waals surface area contributed by atoms with Crippen LogP contribution >= 0.6 is 15.9 Å². The zero-order valence-corrected chi connectivity index (χ0v) is 13.4. The fourth-order valence-electron chi connectivity index (χ4n) is 1.81. The first kappa shape index (κ1) is 16.1. The standard InChI is InChI=1S/C14H12BrF2NO2S/c1-9(10-2-5-12(16)6-3-10)18-21(19,20)14-7-4-11(15)8-13(14)17/h2-9,18H,1H3. The quantitative estimate of drug-likeness (QED) is 0.883. The molecule has 0 bridgehead atoms. The molecule has 2 aromatic carbocycles. The highest BCUT2D eigenvalue weighted by atomic mass is 79.9. The van der Waals surface area contributed by atoms with Crippen LogP contribution in [0.1, 0.15) is 18.5 Å². The monoisotopic (exact) mass is 375 g/mol. The lowest BCUT2D eigenvalue weighted by molar-refractivity contribution is 0.546. The molecular formula is C14H12BrF2NO2S. The molecule has 1 atom stereocenters. The molecule has 2 aromatic rings. The highest BCUT2D eigenvalue weighted by Crippen LogP contribution is 2.22. The van der Waals surface area contributed by atoms with Crippen molar-refractivity contribution in [3.63, 3.8) is 0 Å². The Hall–Kier alpha value is -1.31. The fraction of sp³-hybridized carbons (Fsp3) is 0.143. The second-order valence-electron chi connectivity index (χ2n) is 4.47. The Balaban J connectivity index is 2.26. The molecule has 3 nitrogen and oxygen atoms in total. The molecule has 0 saturated carbocycles. The Morgan fingerprint density at radius 3 is 2.29 bits per heavy atom. The van der Waals surface area contributed by atoms with Gasteiger partial charge in [0.05, 0.1) is 0 Å². The van der Waals surface area contributed by atoms with Crippen LogP contribution in [-0.2, 0) is 10.0 Å². The van der Waals surface area contributed by atoms with Crippen molar-refractivity contribution < 1.29 is 17.2 Å². The molecule has 0 heterocycles. The zero-order valence-electron chi connectivity index (χ0n) is 11.0. The van der Waals surface area contributed by atoms with Gasteiger partial charge in [-0.1, -0.05) is 28.1 Å². The van der Waals surface area contributed by atoms with Gasteiger partial charge >= 0.3 is 0 Å². The average molecular weight is 376 g/mol. The van der Waals surface area contributed by atoms with E-state index in [-0.39, 0.29) is 0 Å². The maximum absolute atomic E-state index is 13.8.